The van der Waals surface area contributed by atoms with E-state index in [0.717, 1.165) is 44.5 Å². The Kier molecular flexibility index (Phi) is 7.22. The Morgan fingerprint density at radius 2 is 2.04 bits per heavy atom. The van der Waals surface area contributed by atoms with Gasteiger partial charge in [0.15, 0.2) is 9.84 Å². The lowest BCUT2D eigenvalue weighted by Crippen LogP contribution is -2.33. The van der Waals surface area contributed by atoms with Crippen LogP contribution in [0.25, 0.3) is 0 Å². The number of carbonyl (C=O) groups excluding carboxylic acids is 1. The Bertz CT molecular complexity index is 736. The summed E-state index contributed by atoms with van der Waals surface area (Å²) in [5, 5.41) is 6.94. The van der Waals surface area contributed by atoms with Crippen LogP contribution >= 0.6 is 0 Å². The van der Waals surface area contributed by atoms with Gasteiger partial charge in [-0.1, -0.05) is 19.8 Å². The van der Waals surface area contributed by atoms with Gasteiger partial charge in [-0.05, 0) is 25.7 Å². The average molecular weight is 372 g/mol. The molecule has 0 unspecified atom stereocenters. The summed E-state index contributed by atoms with van der Waals surface area (Å²) in [6.45, 7) is 3.47. The molecule has 0 radical (unpaired) electrons. The fraction of sp³-hybridized carbons (Fsp3) is 0.812. The molecule has 2 rings (SSSR count). The van der Waals surface area contributed by atoms with E-state index in [1.165, 1.54) is 4.68 Å². The normalized spacial score (nSPS) is 14.3. The van der Waals surface area contributed by atoms with E-state index in [9.17, 15) is 18.0 Å². The maximum Gasteiger partial charge on any atom is 0.345 e. The van der Waals surface area contributed by atoms with Crippen LogP contribution in [0.2, 0.25) is 0 Å². The van der Waals surface area contributed by atoms with Crippen molar-refractivity contribution in [1.82, 2.24) is 19.7 Å². The number of unbranched alkanes of at least 4 members (excludes halogenated alkanes) is 2. The van der Waals surface area contributed by atoms with E-state index in [1.54, 1.807) is 4.57 Å². The third kappa shape index (κ3) is 5.98. The van der Waals surface area contributed by atoms with Crippen molar-refractivity contribution >= 4 is 15.7 Å². The number of aromatic nitrogens is 3. The van der Waals surface area contributed by atoms with E-state index < -0.39 is 21.5 Å². The molecule has 142 valence electrons. The maximum absolute atomic E-state index is 12.2. The lowest BCUT2D eigenvalue weighted by atomic mass is 10.2. The maximum atomic E-state index is 12.2. The van der Waals surface area contributed by atoms with Crippen molar-refractivity contribution in [2.75, 3.05) is 18.1 Å². The molecule has 8 nitrogen and oxygen atoms in total. The van der Waals surface area contributed by atoms with Gasteiger partial charge in [-0.15, -0.1) is 0 Å². The topological polar surface area (TPSA) is 103 Å². The zero-order chi connectivity index (χ0) is 18.3. The minimum absolute atomic E-state index is 0.0594. The molecule has 0 aliphatic carbocycles. The number of fused-ring (bicyclic) bond motifs is 1. The fourth-order valence-corrected chi connectivity index (χ4v) is 4.24. The van der Waals surface area contributed by atoms with Gasteiger partial charge in [-0.3, -0.25) is 9.36 Å². The summed E-state index contributed by atoms with van der Waals surface area (Å²) >= 11 is 0. The summed E-state index contributed by atoms with van der Waals surface area (Å²) in [4.78, 5) is 23.9. The Hall–Kier alpha value is -1.64. The Balaban J connectivity index is 1.71. The van der Waals surface area contributed by atoms with Crippen molar-refractivity contribution in [2.24, 2.45) is 0 Å². The second kappa shape index (κ2) is 9.17. The van der Waals surface area contributed by atoms with Gasteiger partial charge in [0, 0.05) is 26.1 Å². The summed E-state index contributed by atoms with van der Waals surface area (Å²) in [6, 6.07) is 0. The molecule has 25 heavy (non-hydrogen) atoms. The van der Waals surface area contributed by atoms with Gasteiger partial charge >= 0.3 is 5.69 Å². The van der Waals surface area contributed by atoms with Crippen LogP contribution in [-0.4, -0.2) is 46.7 Å². The van der Waals surface area contributed by atoms with E-state index in [2.05, 4.69) is 10.4 Å². The van der Waals surface area contributed by atoms with Crippen LogP contribution in [0.15, 0.2) is 4.79 Å². The van der Waals surface area contributed by atoms with Crippen molar-refractivity contribution in [1.29, 1.82) is 0 Å². The monoisotopic (exact) mass is 372 g/mol. The summed E-state index contributed by atoms with van der Waals surface area (Å²) < 4.78 is 26.8. The Morgan fingerprint density at radius 3 is 2.76 bits per heavy atom. The minimum atomic E-state index is -3.33. The third-order valence-electron chi connectivity index (χ3n) is 4.31. The molecule has 0 bridgehead atoms. The van der Waals surface area contributed by atoms with Crippen molar-refractivity contribution < 1.29 is 13.2 Å². The van der Waals surface area contributed by atoms with E-state index in [0.29, 0.717) is 25.9 Å². The van der Waals surface area contributed by atoms with Gasteiger partial charge in [-0.25, -0.2) is 17.9 Å². The van der Waals surface area contributed by atoms with Gasteiger partial charge < -0.3 is 5.32 Å². The minimum Gasteiger partial charge on any atom is -0.355 e. The van der Waals surface area contributed by atoms with Gasteiger partial charge in [0.05, 0.1) is 5.75 Å². The van der Waals surface area contributed by atoms with Crippen molar-refractivity contribution in [3.63, 3.8) is 0 Å². The molecule has 0 saturated heterocycles. The first-order valence-electron chi connectivity index (χ1n) is 9.06. The molecule has 0 atom stereocenters. The van der Waals surface area contributed by atoms with Crippen LogP contribution in [-0.2, 0) is 34.1 Å². The molecular formula is C16H28N4O4S. The largest absolute Gasteiger partial charge is 0.355 e. The first-order valence-corrected chi connectivity index (χ1v) is 10.9. The lowest BCUT2D eigenvalue weighted by Gasteiger charge is -2.09. The number of aryl methyl sites for hydroxylation is 2. The molecular weight excluding hydrogens is 344 g/mol. The quantitative estimate of drug-likeness (QED) is 0.602. The molecule has 0 aromatic carbocycles. The third-order valence-corrected chi connectivity index (χ3v) is 5.92. The van der Waals surface area contributed by atoms with Gasteiger partial charge in [0.25, 0.3) is 0 Å². The highest BCUT2D eigenvalue weighted by Crippen LogP contribution is 2.09. The molecule has 1 aliphatic heterocycles. The molecule has 0 spiro atoms. The number of amides is 1. The van der Waals surface area contributed by atoms with Gasteiger partial charge in [0.2, 0.25) is 5.91 Å². The predicted molar refractivity (Wildman–Crippen MR) is 95.2 cm³/mol. The first kappa shape index (κ1) is 19.7. The van der Waals surface area contributed by atoms with Crippen molar-refractivity contribution in [3.8, 4) is 0 Å². The van der Waals surface area contributed by atoms with E-state index in [4.69, 9.17) is 0 Å². The second-order valence-electron chi connectivity index (χ2n) is 6.53. The van der Waals surface area contributed by atoms with Crippen LogP contribution in [0.1, 0.15) is 51.3 Å². The van der Waals surface area contributed by atoms with E-state index >= 15 is 0 Å². The Labute approximate surface area is 148 Å². The number of rotatable bonds is 10. The SMILES string of the molecule is CCCCCS(=O)(=O)CC(=O)NCCCn1nc2n(c1=O)CCCC2. The molecule has 1 aromatic rings. The number of hydrogen-bond acceptors (Lipinski definition) is 5. The predicted octanol–water partition coefficient (Wildman–Crippen LogP) is 0.492. The zero-order valence-electron chi connectivity index (χ0n) is 14.9. The molecule has 1 amide bonds. The standard InChI is InChI=1S/C16H28N4O4S/c1-2-3-6-12-25(23,24)13-15(21)17-9-7-11-20-16(22)19-10-5-4-8-14(19)18-20/h2-13H2,1H3,(H,17,21). The van der Waals surface area contributed by atoms with Crippen LogP contribution in [0.5, 0.6) is 0 Å². The summed E-state index contributed by atoms with van der Waals surface area (Å²) in [7, 11) is -3.33. The summed E-state index contributed by atoms with van der Waals surface area (Å²) in [5.74, 6) is -0.0503. The van der Waals surface area contributed by atoms with Crippen LogP contribution < -0.4 is 11.0 Å². The number of sulfone groups is 1. The average Bonchev–Trinajstić information content (AvgIpc) is 2.88. The molecule has 2 heterocycles. The van der Waals surface area contributed by atoms with Crippen LogP contribution in [0.4, 0.5) is 0 Å². The summed E-state index contributed by atoms with van der Waals surface area (Å²) in [5.41, 5.74) is -0.0977. The van der Waals surface area contributed by atoms with E-state index in [1.807, 2.05) is 6.92 Å². The molecule has 1 aromatic heterocycles. The fourth-order valence-electron chi connectivity index (χ4n) is 2.95. The second-order valence-corrected chi connectivity index (χ2v) is 8.72. The highest BCUT2D eigenvalue weighted by molar-refractivity contribution is 7.92. The molecule has 1 N–H and O–H groups in total. The molecule has 1 aliphatic rings. The van der Waals surface area contributed by atoms with Crippen molar-refractivity contribution in [3.05, 3.63) is 16.3 Å². The van der Waals surface area contributed by atoms with Crippen LogP contribution in [0, 0.1) is 0 Å². The number of nitrogens with zero attached hydrogens (tertiary/aromatic N) is 3. The number of carbonyl (C=O) groups is 1. The smallest absolute Gasteiger partial charge is 0.345 e. The molecule has 0 saturated carbocycles. The highest BCUT2D eigenvalue weighted by atomic mass is 32.2. The van der Waals surface area contributed by atoms with Gasteiger partial charge in [0.1, 0.15) is 11.6 Å². The Morgan fingerprint density at radius 1 is 1.24 bits per heavy atom. The first-order chi connectivity index (χ1) is 11.9. The summed E-state index contributed by atoms with van der Waals surface area (Å²) in [6.07, 6.45) is 5.82. The molecule has 0 fully saturated rings. The lowest BCUT2D eigenvalue weighted by molar-refractivity contribution is -0.118. The zero-order valence-corrected chi connectivity index (χ0v) is 15.7. The number of nitrogens with one attached hydrogen (secondary N) is 1. The van der Waals surface area contributed by atoms with E-state index in [-0.39, 0.29) is 11.4 Å². The highest BCUT2D eigenvalue weighted by Gasteiger charge is 2.17. The van der Waals surface area contributed by atoms with Gasteiger partial charge in [-0.2, -0.15) is 5.10 Å². The number of hydrogen-bond donors (Lipinski definition) is 1. The van der Waals surface area contributed by atoms with Crippen molar-refractivity contribution in [2.45, 2.75) is 65.0 Å². The van der Waals surface area contributed by atoms with Crippen LogP contribution in [0.3, 0.4) is 0 Å². The molecule has 9 heteroatoms.